The summed E-state index contributed by atoms with van der Waals surface area (Å²) in [4.78, 5) is 11.1. The highest BCUT2D eigenvalue weighted by Crippen LogP contribution is 2.36. The molecular weight excluding hydrogens is 364 g/mol. The van der Waals surface area contributed by atoms with Crippen LogP contribution in [-0.2, 0) is 9.84 Å². The minimum Gasteiger partial charge on any atom is -0.478 e. The first-order valence-corrected chi connectivity index (χ1v) is 9.84. The number of benzene rings is 2. The fourth-order valence-electron chi connectivity index (χ4n) is 2.57. The van der Waals surface area contributed by atoms with Crippen LogP contribution in [-0.4, -0.2) is 32.3 Å². The Hall–Kier alpha value is -2.48. The molecule has 0 fully saturated rings. The number of hydrogen-bond acceptors (Lipinski definition) is 4. The summed E-state index contributed by atoms with van der Waals surface area (Å²) in [5.74, 6) is -3.02. The minimum atomic E-state index is -3.86. The summed E-state index contributed by atoms with van der Waals surface area (Å²) in [7, 11) is -3.86. The molecule has 0 saturated carbocycles. The van der Waals surface area contributed by atoms with Crippen LogP contribution in [0.15, 0.2) is 35.2 Å². The van der Waals surface area contributed by atoms with Crippen LogP contribution in [0.3, 0.4) is 0 Å². The van der Waals surface area contributed by atoms with Gasteiger partial charge in [-0.3, -0.25) is 0 Å². The smallest absolute Gasteiger partial charge is 0.335 e. The maximum atomic E-state index is 13.7. The van der Waals surface area contributed by atoms with Crippen LogP contribution in [0.1, 0.15) is 30.1 Å². The number of halogens is 2. The van der Waals surface area contributed by atoms with Crippen molar-refractivity contribution in [2.45, 2.75) is 24.7 Å². The molecule has 0 aliphatic carbocycles. The second kappa shape index (κ2) is 7.82. The monoisotopic (exact) mass is 383 g/mol. The SMILES string of the molecule is CCCCNc1cc(C(=O)O)cc(S(C)(=O)=O)c1-c1cc(F)cc(F)c1. The molecule has 0 spiro atoms. The highest BCUT2D eigenvalue weighted by molar-refractivity contribution is 7.90. The average Bonchev–Trinajstić information content (AvgIpc) is 2.52. The van der Waals surface area contributed by atoms with Crippen molar-refractivity contribution in [2.24, 2.45) is 0 Å². The van der Waals surface area contributed by atoms with Crippen LogP contribution in [0.4, 0.5) is 14.5 Å². The van der Waals surface area contributed by atoms with Crippen molar-refractivity contribution >= 4 is 21.5 Å². The number of sulfone groups is 1. The van der Waals surface area contributed by atoms with Crippen molar-refractivity contribution < 1.29 is 27.1 Å². The van der Waals surface area contributed by atoms with Gasteiger partial charge in [-0.2, -0.15) is 0 Å². The molecule has 2 rings (SSSR count). The lowest BCUT2D eigenvalue weighted by Crippen LogP contribution is -2.10. The third-order valence-corrected chi connectivity index (χ3v) is 4.87. The summed E-state index contributed by atoms with van der Waals surface area (Å²) >= 11 is 0. The van der Waals surface area contributed by atoms with E-state index in [1.807, 2.05) is 6.92 Å². The largest absolute Gasteiger partial charge is 0.478 e. The molecule has 0 bridgehead atoms. The zero-order valence-corrected chi connectivity index (χ0v) is 15.2. The summed E-state index contributed by atoms with van der Waals surface area (Å²) in [6.07, 6.45) is 2.53. The van der Waals surface area contributed by atoms with Gasteiger partial charge in [-0.05, 0) is 36.2 Å². The number of rotatable bonds is 7. The molecule has 0 aliphatic heterocycles. The van der Waals surface area contributed by atoms with E-state index in [2.05, 4.69) is 5.32 Å². The second-order valence-corrected chi connectivity index (χ2v) is 7.90. The van der Waals surface area contributed by atoms with Gasteiger partial charge in [0.1, 0.15) is 11.6 Å². The van der Waals surface area contributed by atoms with Crippen LogP contribution in [0.2, 0.25) is 0 Å². The number of anilines is 1. The molecule has 0 amide bonds. The summed E-state index contributed by atoms with van der Waals surface area (Å²) in [5.41, 5.74) is 0.0275. The third-order valence-electron chi connectivity index (χ3n) is 3.75. The first kappa shape index (κ1) is 19.8. The first-order valence-electron chi connectivity index (χ1n) is 7.95. The third kappa shape index (κ3) is 4.57. The van der Waals surface area contributed by atoms with Crippen LogP contribution in [0, 0.1) is 11.6 Å². The van der Waals surface area contributed by atoms with Crippen LogP contribution < -0.4 is 5.32 Å². The summed E-state index contributed by atoms with van der Waals surface area (Å²) in [6.45, 7) is 2.41. The summed E-state index contributed by atoms with van der Waals surface area (Å²) in [6, 6.07) is 4.97. The van der Waals surface area contributed by atoms with Gasteiger partial charge in [0, 0.05) is 30.1 Å². The van der Waals surface area contributed by atoms with Gasteiger partial charge in [0.25, 0.3) is 0 Å². The second-order valence-electron chi connectivity index (χ2n) is 5.91. The van der Waals surface area contributed by atoms with Gasteiger partial charge >= 0.3 is 5.97 Å². The Kier molecular flexibility index (Phi) is 5.97. The molecule has 2 N–H and O–H groups in total. The van der Waals surface area contributed by atoms with E-state index in [0.717, 1.165) is 37.3 Å². The Balaban J connectivity index is 2.81. The Morgan fingerprint density at radius 2 is 1.73 bits per heavy atom. The highest BCUT2D eigenvalue weighted by atomic mass is 32.2. The Bertz CT molecular complexity index is 922. The number of carboxylic acids is 1. The van der Waals surface area contributed by atoms with Crippen LogP contribution in [0.5, 0.6) is 0 Å². The Labute approximate surface area is 150 Å². The molecule has 5 nitrogen and oxygen atoms in total. The van der Waals surface area contributed by atoms with Crippen molar-refractivity contribution in [1.29, 1.82) is 0 Å². The Morgan fingerprint density at radius 3 is 2.23 bits per heavy atom. The number of hydrogen-bond donors (Lipinski definition) is 2. The number of carboxylic acid groups (broad SMARTS) is 1. The maximum absolute atomic E-state index is 13.7. The standard InChI is InChI=1S/C18H19F2NO4S/c1-3-4-5-21-15-8-12(18(22)23)9-16(26(2,24)25)17(15)11-6-13(19)10-14(20)7-11/h6-10,21H,3-5H2,1-2H3,(H,22,23). The molecule has 2 aromatic carbocycles. The topological polar surface area (TPSA) is 83.5 Å². The molecule has 0 unspecified atom stereocenters. The van der Waals surface area contributed by atoms with Gasteiger partial charge in [-0.1, -0.05) is 13.3 Å². The van der Waals surface area contributed by atoms with E-state index in [0.29, 0.717) is 12.6 Å². The van der Waals surface area contributed by atoms with E-state index >= 15 is 0 Å². The molecule has 140 valence electrons. The van der Waals surface area contributed by atoms with E-state index in [1.54, 1.807) is 0 Å². The van der Waals surface area contributed by atoms with E-state index in [1.165, 1.54) is 6.07 Å². The van der Waals surface area contributed by atoms with Crippen molar-refractivity contribution in [1.82, 2.24) is 0 Å². The predicted molar refractivity (Wildman–Crippen MR) is 95.3 cm³/mol. The van der Waals surface area contributed by atoms with Gasteiger partial charge in [-0.25, -0.2) is 22.0 Å². The molecule has 0 aromatic heterocycles. The zero-order chi connectivity index (χ0) is 19.5. The fourth-order valence-corrected chi connectivity index (χ4v) is 3.51. The maximum Gasteiger partial charge on any atom is 0.335 e. The minimum absolute atomic E-state index is 0.0128. The zero-order valence-electron chi connectivity index (χ0n) is 14.3. The van der Waals surface area contributed by atoms with E-state index in [9.17, 15) is 27.1 Å². The molecule has 0 saturated heterocycles. The molecule has 0 heterocycles. The van der Waals surface area contributed by atoms with Crippen molar-refractivity contribution in [2.75, 3.05) is 18.1 Å². The van der Waals surface area contributed by atoms with Gasteiger partial charge in [0.15, 0.2) is 9.84 Å². The number of aromatic carboxylic acids is 1. The molecule has 26 heavy (non-hydrogen) atoms. The van der Waals surface area contributed by atoms with Gasteiger partial charge in [-0.15, -0.1) is 0 Å². The van der Waals surface area contributed by atoms with Gasteiger partial charge < -0.3 is 10.4 Å². The molecule has 2 aromatic rings. The molecule has 0 radical (unpaired) electrons. The van der Waals surface area contributed by atoms with Crippen molar-refractivity contribution in [3.05, 3.63) is 47.5 Å². The van der Waals surface area contributed by atoms with Crippen molar-refractivity contribution in [3.8, 4) is 11.1 Å². The molecule has 0 atom stereocenters. The first-order chi connectivity index (χ1) is 12.1. The Morgan fingerprint density at radius 1 is 1.12 bits per heavy atom. The fraction of sp³-hybridized carbons (Fsp3) is 0.278. The van der Waals surface area contributed by atoms with E-state index in [-0.39, 0.29) is 27.3 Å². The van der Waals surface area contributed by atoms with E-state index in [4.69, 9.17) is 0 Å². The lowest BCUT2D eigenvalue weighted by molar-refractivity contribution is 0.0696. The van der Waals surface area contributed by atoms with Crippen LogP contribution in [0.25, 0.3) is 11.1 Å². The highest BCUT2D eigenvalue weighted by Gasteiger charge is 2.22. The number of carbonyl (C=O) groups is 1. The predicted octanol–water partition coefficient (Wildman–Crippen LogP) is 3.95. The summed E-state index contributed by atoms with van der Waals surface area (Å²) < 4.78 is 51.9. The number of unbranched alkanes of at least 4 members (excludes halogenated alkanes) is 1. The summed E-state index contributed by atoms with van der Waals surface area (Å²) in [5, 5.41) is 12.3. The van der Waals surface area contributed by atoms with E-state index < -0.39 is 27.4 Å². The normalized spacial score (nSPS) is 11.4. The lowest BCUT2D eigenvalue weighted by atomic mass is 10.0. The van der Waals surface area contributed by atoms with Gasteiger partial charge in [0.05, 0.1) is 10.5 Å². The molecule has 8 heteroatoms. The molecule has 0 aliphatic rings. The molecular formula is C18H19F2NO4S. The van der Waals surface area contributed by atoms with Crippen molar-refractivity contribution in [3.63, 3.8) is 0 Å². The lowest BCUT2D eigenvalue weighted by Gasteiger charge is -2.17. The van der Waals surface area contributed by atoms with Crippen LogP contribution >= 0.6 is 0 Å². The van der Waals surface area contributed by atoms with Gasteiger partial charge in [0.2, 0.25) is 0 Å². The quantitative estimate of drug-likeness (QED) is 0.708. The number of nitrogens with one attached hydrogen (secondary N) is 1. The average molecular weight is 383 g/mol.